The molecule has 4 nitrogen and oxygen atoms in total. The predicted octanol–water partition coefficient (Wildman–Crippen LogP) is 5.23. The van der Waals surface area contributed by atoms with E-state index in [4.69, 9.17) is 21.3 Å². The molecule has 0 atom stereocenters. The minimum absolute atomic E-state index is 0.294. The Kier molecular flexibility index (Phi) is 5.59. The molecule has 0 bridgehead atoms. The molecule has 0 radical (unpaired) electrons. The molecular formula is C20H22ClNO3. The summed E-state index contributed by atoms with van der Waals surface area (Å²) in [6, 6.07) is 8.83. The van der Waals surface area contributed by atoms with Gasteiger partial charge in [-0.3, -0.25) is 4.98 Å². The topological polar surface area (TPSA) is 59.4 Å². The van der Waals surface area contributed by atoms with Gasteiger partial charge < -0.3 is 9.84 Å². The van der Waals surface area contributed by atoms with Gasteiger partial charge in [-0.15, -0.1) is 0 Å². The van der Waals surface area contributed by atoms with E-state index < -0.39 is 5.97 Å². The molecule has 1 aliphatic carbocycles. The first-order chi connectivity index (χ1) is 12.1. The first-order valence-corrected chi connectivity index (χ1v) is 9.12. The molecule has 1 heterocycles. The number of halogens is 1. The highest BCUT2D eigenvalue weighted by atomic mass is 35.5. The Hall–Kier alpha value is -2.07. The van der Waals surface area contributed by atoms with Gasteiger partial charge in [-0.1, -0.05) is 37.3 Å². The fourth-order valence-corrected chi connectivity index (χ4v) is 3.63. The van der Waals surface area contributed by atoms with Gasteiger partial charge in [0.2, 0.25) is 0 Å². The van der Waals surface area contributed by atoms with Gasteiger partial charge in [0.1, 0.15) is 5.75 Å². The van der Waals surface area contributed by atoms with Crippen LogP contribution in [0.25, 0.3) is 11.3 Å². The maximum Gasteiger partial charge on any atom is 0.337 e. The minimum Gasteiger partial charge on any atom is -0.493 e. The zero-order valence-electron chi connectivity index (χ0n) is 14.3. The quantitative estimate of drug-likeness (QED) is 0.767. The SMILES string of the molecule is CCOc1cc(Cl)ccc1-c1ccc(C(=O)O)c(CC2CCCC2)n1. The summed E-state index contributed by atoms with van der Waals surface area (Å²) in [7, 11) is 0. The predicted molar refractivity (Wildman–Crippen MR) is 98.5 cm³/mol. The summed E-state index contributed by atoms with van der Waals surface area (Å²) in [6.07, 6.45) is 5.45. The third-order valence-corrected chi connectivity index (χ3v) is 4.92. The van der Waals surface area contributed by atoms with Crippen molar-refractivity contribution in [3.05, 3.63) is 46.6 Å². The Labute approximate surface area is 152 Å². The maximum atomic E-state index is 11.6. The van der Waals surface area contributed by atoms with Gasteiger partial charge in [0.25, 0.3) is 0 Å². The largest absolute Gasteiger partial charge is 0.493 e. The van der Waals surface area contributed by atoms with E-state index >= 15 is 0 Å². The number of carbonyl (C=O) groups is 1. The van der Waals surface area contributed by atoms with Gasteiger partial charge >= 0.3 is 5.97 Å². The molecular weight excluding hydrogens is 338 g/mol. The van der Waals surface area contributed by atoms with E-state index in [1.54, 1.807) is 24.3 Å². The number of aromatic nitrogens is 1. The first kappa shape index (κ1) is 17.7. The molecule has 0 amide bonds. The highest BCUT2D eigenvalue weighted by molar-refractivity contribution is 6.30. The standard InChI is InChI=1S/C20H22ClNO3/c1-2-25-19-12-14(21)7-8-15(19)17-10-9-16(20(23)24)18(22-17)11-13-5-3-4-6-13/h7-10,12-13H,2-6,11H2,1H3,(H,23,24). The smallest absolute Gasteiger partial charge is 0.337 e. The van der Waals surface area contributed by atoms with Crippen LogP contribution in [0.1, 0.15) is 48.7 Å². The van der Waals surface area contributed by atoms with E-state index in [9.17, 15) is 9.90 Å². The fraction of sp³-hybridized carbons (Fsp3) is 0.400. The van der Waals surface area contributed by atoms with Gasteiger partial charge in [0, 0.05) is 10.6 Å². The molecule has 3 rings (SSSR count). The third-order valence-electron chi connectivity index (χ3n) is 4.68. The number of benzene rings is 1. The molecule has 1 saturated carbocycles. The van der Waals surface area contributed by atoms with Gasteiger partial charge in [-0.2, -0.15) is 0 Å². The van der Waals surface area contributed by atoms with Crippen LogP contribution in [0.3, 0.4) is 0 Å². The minimum atomic E-state index is -0.923. The number of pyridine rings is 1. The average Bonchev–Trinajstić information content (AvgIpc) is 3.08. The summed E-state index contributed by atoms with van der Waals surface area (Å²) in [5, 5.41) is 10.1. The number of ether oxygens (including phenoxy) is 1. The Morgan fingerprint density at radius 1 is 1.28 bits per heavy atom. The van der Waals surface area contributed by atoms with Crippen molar-refractivity contribution in [3.8, 4) is 17.0 Å². The number of hydrogen-bond donors (Lipinski definition) is 1. The molecule has 5 heteroatoms. The molecule has 132 valence electrons. The molecule has 1 aromatic heterocycles. The number of carboxylic acid groups (broad SMARTS) is 1. The van der Waals surface area contributed by atoms with E-state index in [0.717, 1.165) is 24.1 Å². The lowest BCUT2D eigenvalue weighted by molar-refractivity contribution is 0.0695. The molecule has 2 aromatic rings. The van der Waals surface area contributed by atoms with E-state index in [1.165, 1.54) is 12.8 Å². The van der Waals surface area contributed by atoms with E-state index in [-0.39, 0.29) is 0 Å². The highest BCUT2D eigenvalue weighted by Gasteiger charge is 2.21. The number of aromatic carboxylic acids is 1. The van der Waals surface area contributed by atoms with Crippen LogP contribution in [0.2, 0.25) is 5.02 Å². The monoisotopic (exact) mass is 359 g/mol. The van der Waals surface area contributed by atoms with Crippen LogP contribution in [0.5, 0.6) is 5.75 Å². The van der Waals surface area contributed by atoms with E-state index in [1.807, 2.05) is 13.0 Å². The molecule has 0 aliphatic heterocycles. The molecule has 0 unspecified atom stereocenters. The number of carboxylic acids is 1. The van der Waals surface area contributed by atoms with Crippen LogP contribution in [-0.4, -0.2) is 22.7 Å². The Morgan fingerprint density at radius 3 is 2.72 bits per heavy atom. The molecule has 0 spiro atoms. The molecule has 1 N–H and O–H groups in total. The van der Waals surface area contributed by atoms with Crippen LogP contribution < -0.4 is 4.74 Å². The van der Waals surface area contributed by atoms with Crippen molar-refractivity contribution >= 4 is 17.6 Å². The number of hydrogen-bond acceptors (Lipinski definition) is 3. The van der Waals surface area contributed by atoms with Crippen LogP contribution in [-0.2, 0) is 6.42 Å². The zero-order chi connectivity index (χ0) is 17.8. The Bertz CT molecular complexity index is 770. The normalized spacial score (nSPS) is 14.6. The molecule has 1 aromatic carbocycles. The van der Waals surface area contributed by atoms with Crippen LogP contribution in [0.15, 0.2) is 30.3 Å². The second kappa shape index (κ2) is 7.87. The third kappa shape index (κ3) is 4.13. The Morgan fingerprint density at radius 2 is 2.04 bits per heavy atom. The van der Waals surface area contributed by atoms with Crippen molar-refractivity contribution < 1.29 is 14.6 Å². The lowest BCUT2D eigenvalue weighted by Gasteiger charge is -2.14. The van der Waals surface area contributed by atoms with Crippen LogP contribution in [0.4, 0.5) is 0 Å². The second-order valence-electron chi connectivity index (χ2n) is 6.42. The van der Waals surface area contributed by atoms with Crippen LogP contribution in [0, 0.1) is 5.92 Å². The lowest BCUT2D eigenvalue weighted by atomic mass is 9.97. The lowest BCUT2D eigenvalue weighted by Crippen LogP contribution is -2.10. The maximum absolute atomic E-state index is 11.6. The van der Waals surface area contributed by atoms with Gasteiger partial charge in [0.05, 0.1) is 23.6 Å². The average molecular weight is 360 g/mol. The molecule has 0 saturated heterocycles. The van der Waals surface area contributed by atoms with Crippen molar-refractivity contribution in [3.63, 3.8) is 0 Å². The molecule has 25 heavy (non-hydrogen) atoms. The fourth-order valence-electron chi connectivity index (χ4n) is 3.47. The summed E-state index contributed by atoms with van der Waals surface area (Å²) in [5.41, 5.74) is 2.51. The molecule has 1 fully saturated rings. The van der Waals surface area contributed by atoms with Crippen LogP contribution >= 0.6 is 11.6 Å². The van der Waals surface area contributed by atoms with E-state index in [0.29, 0.717) is 41.0 Å². The van der Waals surface area contributed by atoms with Crippen molar-refractivity contribution in [1.29, 1.82) is 0 Å². The zero-order valence-corrected chi connectivity index (χ0v) is 15.1. The summed E-state index contributed by atoms with van der Waals surface area (Å²) in [6.45, 7) is 2.44. The van der Waals surface area contributed by atoms with Crippen molar-refractivity contribution in [2.45, 2.75) is 39.0 Å². The number of rotatable bonds is 6. The van der Waals surface area contributed by atoms with Crippen molar-refractivity contribution in [2.24, 2.45) is 5.92 Å². The molecule has 1 aliphatic rings. The van der Waals surface area contributed by atoms with E-state index in [2.05, 4.69) is 0 Å². The van der Waals surface area contributed by atoms with Gasteiger partial charge in [-0.05, 0) is 49.6 Å². The summed E-state index contributed by atoms with van der Waals surface area (Å²) >= 11 is 6.07. The summed E-state index contributed by atoms with van der Waals surface area (Å²) in [5.74, 6) is 0.267. The van der Waals surface area contributed by atoms with Gasteiger partial charge in [-0.25, -0.2) is 4.79 Å². The Balaban J connectivity index is 2.01. The summed E-state index contributed by atoms with van der Waals surface area (Å²) < 4.78 is 5.68. The van der Waals surface area contributed by atoms with Gasteiger partial charge in [0.15, 0.2) is 0 Å². The summed E-state index contributed by atoms with van der Waals surface area (Å²) in [4.78, 5) is 16.3. The van der Waals surface area contributed by atoms with Crippen molar-refractivity contribution in [2.75, 3.05) is 6.61 Å². The first-order valence-electron chi connectivity index (χ1n) is 8.74. The highest BCUT2D eigenvalue weighted by Crippen LogP contribution is 2.33. The second-order valence-corrected chi connectivity index (χ2v) is 6.86. The van der Waals surface area contributed by atoms with Crippen molar-refractivity contribution in [1.82, 2.24) is 4.98 Å². The number of nitrogens with zero attached hydrogens (tertiary/aromatic N) is 1.